The van der Waals surface area contributed by atoms with E-state index in [0.717, 1.165) is 36.1 Å². The van der Waals surface area contributed by atoms with E-state index in [1.165, 1.54) is 5.56 Å². The quantitative estimate of drug-likeness (QED) is 0.513. The van der Waals surface area contributed by atoms with Gasteiger partial charge in [-0.1, -0.05) is 76.9 Å². The SMILES string of the molecule is CCCCCNC(=O)N1CC(=O)N(CCc2ccc(OC)cc2)C1c1ccc(C(C)(C)C)cc1. The van der Waals surface area contributed by atoms with E-state index in [1.54, 1.807) is 12.0 Å². The number of amides is 3. The highest BCUT2D eigenvalue weighted by atomic mass is 16.5. The van der Waals surface area contributed by atoms with Crippen molar-refractivity contribution in [3.05, 3.63) is 65.2 Å². The van der Waals surface area contributed by atoms with Crippen molar-refractivity contribution < 1.29 is 14.3 Å². The molecule has 0 aromatic heterocycles. The van der Waals surface area contributed by atoms with Crippen LogP contribution in [0.5, 0.6) is 5.75 Å². The lowest BCUT2D eigenvalue weighted by Crippen LogP contribution is -2.42. The normalized spacial score (nSPS) is 16.1. The topological polar surface area (TPSA) is 61.9 Å². The lowest BCUT2D eigenvalue weighted by atomic mass is 9.86. The molecule has 1 fully saturated rings. The molecule has 34 heavy (non-hydrogen) atoms. The van der Waals surface area contributed by atoms with Crippen molar-refractivity contribution in [2.24, 2.45) is 0 Å². The maximum absolute atomic E-state index is 13.1. The maximum atomic E-state index is 13.1. The van der Waals surface area contributed by atoms with Crippen LogP contribution in [0, 0.1) is 0 Å². The minimum Gasteiger partial charge on any atom is -0.497 e. The smallest absolute Gasteiger partial charge is 0.319 e. The highest BCUT2D eigenvalue weighted by Gasteiger charge is 2.41. The number of nitrogens with one attached hydrogen (secondary N) is 1. The Morgan fingerprint density at radius 2 is 1.74 bits per heavy atom. The van der Waals surface area contributed by atoms with Gasteiger partial charge in [0.1, 0.15) is 18.5 Å². The van der Waals surface area contributed by atoms with Gasteiger partial charge in [0, 0.05) is 13.1 Å². The van der Waals surface area contributed by atoms with Gasteiger partial charge >= 0.3 is 6.03 Å². The summed E-state index contributed by atoms with van der Waals surface area (Å²) < 4.78 is 5.24. The molecule has 1 aliphatic rings. The van der Waals surface area contributed by atoms with Gasteiger partial charge in [0.25, 0.3) is 0 Å². The Bertz CT molecular complexity index is 948. The fourth-order valence-electron chi connectivity index (χ4n) is 4.29. The van der Waals surface area contributed by atoms with Crippen molar-refractivity contribution in [3.8, 4) is 5.75 Å². The minimum atomic E-state index is -0.411. The van der Waals surface area contributed by atoms with Crippen molar-refractivity contribution in [2.45, 2.75) is 65.0 Å². The second-order valence-corrected chi connectivity index (χ2v) is 10.00. The predicted molar refractivity (Wildman–Crippen MR) is 136 cm³/mol. The molecular formula is C28H39N3O3. The first kappa shape index (κ1) is 25.6. The monoisotopic (exact) mass is 465 g/mol. The van der Waals surface area contributed by atoms with E-state index in [4.69, 9.17) is 4.74 Å². The third-order valence-electron chi connectivity index (χ3n) is 6.41. The van der Waals surface area contributed by atoms with Crippen LogP contribution in [0.1, 0.15) is 69.8 Å². The molecule has 0 saturated carbocycles. The van der Waals surface area contributed by atoms with Crippen LogP contribution in [-0.2, 0) is 16.6 Å². The van der Waals surface area contributed by atoms with E-state index in [-0.39, 0.29) is 23.9 Å². The Kier molecular flexibility index (Phi) is 8.59. The number of benzene rings is 2. The fraction of sp³-hybridized carbons (Fsp3) is 0.500. The number of ether oxygens (including phenoxy) is 1. The van der Waals surface area contributed by atoms with Crippen LogP contribution >= 0.6 is 0 Å². The summed E-state index contributed by atoms with van der Waals surface area (Å²) in [7, 11) is 1.65. The van der Waals surface area contributed by atoms with Crippen LogP contribution in [0.3, 0.4) is 0 Å². The molecule has 0 spiro atoms. The molecule has 0 bridgehead atoms. The summed E-state index contributed by atoms with van der Waals surface area (Å²) in [5.74, 6) is 0.783. The van der Waals surface area contributed by atoms with Gasteiger partial charge in [0.05, 0.1) is 7.11 Å². The van der Waals surface area contributed by atoms with Crippen molar-refractivity contribution >= 4 is 11.9 Å². The second-order valence-electron chi connectivity index (χ2n) is 10.00. The van der Waals surface area contributed by atoms with Crippen LogP contribution in [0.2, 0.25) is 0 Å². The van der Waals surface area contributed by atoms with E-state index in [0.29, 0.717) is 19.5 Å². The molecule has 3 rings (SSSR count). The second kappa shape index (κ2) is 11.4. The zero-order chi connectivity index (χ0) is 24.7. The zero-order valence-electron chi connectivity index (χ0n) is 21.3. The van der Waals surface area contributed by atoms with Gasteiger partial charge in [-0.25, -0.2) is 4.79 Å². The van der Waals surface area contributed by atoms with E-state index in [1.807, 2.05) is 29.2 Å². The molecule has 0 aliphatic carbocycles. The standard InChI is InChI=1S/C28H39N3O3/c1-6-7-8-18-29-27(33)31-20-25(32)30(19-17-21-9-15-24(34-5)16-10-21)26(31)22-11-13-23(14-12-22)28(2,3)4/h9-16,26H,6-8,17-20H2,1-5H3,(H,29,33). The summed E-state index contributed by atoms with van der Waals surface area (Å²) in [6, 6.07) is 16.0. The largest absolute Gasteiger partial charge is 0.497 e. The van der Waals surface area contributed by atoms with Crippen molar-refractivity contribution in [1.29, 1.82) is 0 Å². The summed E-state index contributed by atoms with van der Waals surface area (Å²) in [6.45, 7) is 9.93. The number of nitrogens with zero attached hydrogens (tertiary/aromatic N) is 2. The summed E-state index contributed by atoms with van der Waals surface area (Å²) in [4.78, 5) is 29.7. The molecule has 2 aromatic carbocycles. The Morgan fingerprint density at radius 3 is 2.32 bits per heavy atom. The molecular weight excluding hydrogens is 426 g/mol. The number of urea groups is 1. The van der Waals surface area contributed by atoms with Crippen molar-refractivity contribution in [3.63, 3.8) is 0 Å². The van der Waals surface area contributed by atoms with Gasteiger partial charge in [-0.3, -0.25) is 9.69 Å². The third kappa shape index (κ3) is 6.31. The van der Waals surface area contributed by atoms with Crippen LogP contribution in [0.25, 0.3) is 0 Å². The van der Waals surface area contributed by atoms with E-state index >= 15 is 0 Å². The number of carbonyl (C=O) groups excluding carboxylic acids is 2. The molecule has 3 amide bonds. The van der Waals surface area contributed by atoms with Gasteiger partial charge in [-0.15, -0.1) is 0 Å². The molecule has 0 radical (unpaired) electrons. The Balaban J connectivity index is 1.81. The lowest BCUT2D eigenvalue weighted by Gasteiger charge is -2.31. The molecule has 6 heteroatoms. The Hall–Kier alpha value is -3.02. The molecule has 1 N–H and O–H groups in total. The van der Waals surface area contributed by atoms with Gasteiger partial charge in [0.2, 0.25) is 5.91 Å². The highest BCUT2D eigenvalue weighted by Crippen LogP contribution is 2.33. The molecule has 6 nitrogen and oxygen atoms in total. The summed E-state index contributed by atoms with van der Waals surface area (Å²) in [6.07, 6.45) is 3.41. The first-order valence-electron chi connectivity index (χ1n) is 12.3. The molecule has 1 atom stereocenters. The Labute approximate surface area is 204 Å². The lowest BCUT2D eigenvalue weighted by molar-refractivity contribution is -0.128. The molecule has 1 unspecified atom stereocenters. The van der Waals surface area contributed by atoms with Crippen LogP contribution in [0.4, 0.5) is 4.79 Å². The fourth-order valence-corrected chi connectivity index (χ4v) is 4.29. The number of carbonyl (C=O) groups is 2. The number of hydrogen-bond donors (Lipinski definition) is 1. The predicted octanol–water partition coefficient (Wildman–Crippen LogP) is 5.28. The van der Waals surface area contributed by atoms with E-state index < -0.39 is 6.17 Å². The number of hydrogen-bond acceptors (Lipinski definition) is 3. The van der Waals surface area contributed by atoms with Crippen LogP contribution < -0.4 is 10.1 Å². The molecule has 2 aromatic rings. The highest BCUT2D eigenvalue weighted by molar-refractivity contribution is 5.88. The van der Waals surface area contributed by atoms with Gasteiger partial charge in [-0.2, -0.15) is 0 Å². The van der Waals surface area contributed by atoms with E-state index in [2.05, 4.69) is 57.3 Å². The van der Waals surface area contributed by atoms with E-state index in [9.17, 15) is 9.59 Å². The Morgan fingerprint density at radius 1 is 1.06 bits per heavy atom. The van der Waals surface area contributed by atoms with Crippen LogP contribution in [-0.4, -0.2) is 48.5 Å². The first-order valence-corrected chi connectivity index (χ1v) is 12.3. The number of rotatable bonds is 9. The summed E-state index contributed by atoms with van der Waals surface area (Å²) in [5.41, 5.74) is 3.34. The van der Waals surface area contributed by atoms with Crippen molar-refractivity contribution in [2.75, 3.05) is 26.7 Å². The molecule has 1 heterocycles. The minimum absolute atomic E-state index is 0.0258. The van der Waals surface area contributed by atoms with Crippen LogP contribution in [0.15, 0.2) is 48.5 Å². The summed E-state index contributed by atoms with van der Waals surface area (Å²) >= 11 is 0. The molecule has 1 saturated heterocycles. The zero-order valence-corrected chi connectivity index (χ0v) is 21.3. The summed E-state index contributed by atoms with van der Waals surface area (Å²) in [5, 5.41) is 3.02. The first-order chi connectivity index (χ1) is 16.2. The van der Waals surface area contributed by atoms with Crippen molar-refractivity contribution in [1.82, 2.24) is 15.1 Å². The average molecular weight is 466 g/mol. The van der Waals surface area contributed by atoms with Gasteiger partial charge in [0.15, 0.2) is 0 Å². The molecule has 1 aliphatic heterocycles. The average Bonchev–Trinajstić information content (AvgIpc) is 3.16. The molecule has 184 valence electrons. The third-order valence-corrected chi connectivity index (χ3v) is 6.41. The number of unbranched alkanes of at least 4 members (excludes halogenated alkanes) is 2. The maximum Gasteiger partial charge on any atom is 0.319 e. The van der Waals surface area contributed by atoms with Gasteiger partial charge < -0.3 is 15.0 Å². The number of methoxy groups -OCH3 is 1. The van der Waals surface area contributed by atoms with Gasteiger partial charge in [-0.05, 0) is 47.1 Å².